The number of aliphatic hydroxyl groups excluding tert-OH is 1. The van der Waals surface area contributed by atoms with Gasteiger partial charge in [-0.3, -0.25) is 0 Å². The molecule has 0 bridgehead atoms. The average molecular weight is 351 g/mol. The van der Waals surface area contributed by atoms with Gasteiger partial charge in [0.15, 0.2) is 11.5 Å². The smallest absolute Gasteiger partial charge is 0.212 e. The van der Waals surface area contributed by atoms with Crippen molar-refractivity contribution in [3.63, 3.8) is 0 Å². The van der Waals surface area contributed by atoms with Crippen molar-refractivity contribution >= 4 is 0 Å². The first-order valence-electron chi connectivity index (χ1n) is 8.24. The van der Waals surface area contributed by atoms with Crippen molar-refractivity contribution < 1.29 is 19.3 Å². The molecular formula is C21H21NO4. The molecule has 0 radical (unpaired) electrons. The molecule has 1 aromatic heterocycles. The van der Waals surface area contributed by atoms with Gasteiger partial charge in [0.2, 0.25) is 5.88 Å². The van der Waals surface area contributed by atoms with Crippen molar-refractivity contribution in [1.29, 1.82) is 0 Å². The molecule has 2 aromatic carbocycles. The van der Waals surface area contributed by atoms with Gasteiger partial charge in [-0.25, -0.2) is 4.98 Å². The maximum atomic E-state index is 10.8. The zero-order valence-corrected chi connectivity index (χ0v) is 14.8. The quantitative estimate of drug-likeness (QED) is 0.702. The van der Waals surface area contributed by atoms with Gasteiger partial charge in [0.05, 0.1) is 14.2 Å². The van der Waals surface area contributed by atoms with E-state index in [1.54, 1.807) is 32.5 Å². The molecule has 0 amide bonds. The number of hydrogen-bond donors (Lipinski definition) is 1. The third kappa shape index (κ3) is 3.95. The van der Waals surface area contributed by atoms with Gasteiger partial charge < -0.3 is 19.3 Å². The lowest BCUT2D eigenvalue weighted by Crippen LogP contribution is -2.05. The molecule has 1 atom stereocenters. The lowest BCUT2D eigenvalue weighted by molar-refractivity contribution is 0.210. The highest BCUT2D eigenvalue weighted by Gasteiger charge is 2.19. The van der Waals surface area contributed by atoms with Crippen LogP contribution in [0.15, 0.2) is 66.9 Å². The van der Waals surface area contributed by atoms with Crippen LogP contribution in [0.25, 0.3) is 0 Å². The topological polar surface area (TPSA) is 60.8 Å². The van der Waals surface area contributed by atoms with E-state index in [1.807, 2.05) is 48.5 Å². The van der Waals surface area contributed by atoms with Gasteiger partial charge in [0, 0.05) is 23.4 Å². The minimum absolute atomic E-state index is 0.417. The molecule has 26 heavy (non-hydrogen) atoms. The summed E-state index contributed by atoms with van der Waals surface area (Å²) in [5.74, 6) is 1.58. The number of nitrogens with zero attached hydrogens (tertiary/aromatic N) is 1. The summed E-state index contributed by atoms with van der Waals surface area (Å²) in [5, 5.41) is 10.8. The zero-order valence-electron chi connectivity index (χ0n) is 14.8. The molecule has 0 spiro atoms. The van der Waals surface area contributed by atoms with Gasteiger partial charge in [0.1, 0.15) is 12.7 Å². The highest BCUT2D eigenvalue weighted by molar-refractivity contribution is 5.50. The van der Waals surface area contributed by atoms with Crippen LogP contribution in [0.1, 0.15) is 22.8 Å². The first-order chi connectivity index (χ1) is 12.7. The second kappa shape index (κ2) is 8.36. The number of rotatable bonds is 7. The first kappa shape index (κ1) is 17.8. The number of methoxy groups -OCH3 is 2. The van der Waals surface area contributed by atoms with E-state index in [4.69, 9.17) is 14.2 Å². The average Bonchev–Trinajstić information content (AvgIpc) is 2.72. The molecule has 0 aliphatic heterocycles. The van der Waals surface area contributed by atoms with Crippen LogP contribution in [0, 0.1) is 0 Å². The lowest BCUT2D eigenvalue weighted by Gasteiger charge is -2.18. The predicted molar refractivity (Wildman–Crippen MR) is 98.6 cm³/mol. The van der Waals surface area contributed by atoms with Crippen LogP contribution in [0.2, 0.25) is 0 Å². The Labute approximate surface area is 152 Å². The molecule has 1 N–H and O–H groups in total. The summed E-state index contributed by atoms with van der Waals surface area (Å²) in [6.45, 7) is 0.417. The molecule has 1 heterocycles. The Morgan fingerprint density at radius 2 is 1.73 bits per heavy atom. The summed E-state index contributed by atoms with van der Waals surface area (Å²) >= 11 is 0. The second-order valence-electron chi connectivity index (χ2n) is 5.69. The van der Waals surface area contributed by atoms with Crippen LogP contribution < -0.4 is 14.2 Å². The van der Waals surface area contributed by atoms with E-state index in [9.17, 15) is 5.11 Å². The van der Waals surface area contributed by atoms with E-state index in [2.05, 4.69) is 4.98 Å². The SMILES string of the molecule is COc1ccc(C(O)c2cccc(OCc3ccccc3)c2OC)cn1. The maximum Gasteiger partial charge on any atom is 0.212 e. The van der Waals surface area contributed by atoms with Gasteiger partial charge in [-0.05, 0) is 17.7 Å². The fourth-order valence-corrected chi connectivity index (χ4v) is 2.67. The number of benzene rings is 2. The minimum Gasteiger partial charge on any atom is -0.492 e. The van der Waals surface area contributed by atoms with Crippen LogP contribution in [0.5, 0.6) is 17.4 Å². The monoisotopic (exact) mass is 351 g/mol. The van der Waals surface area contributed by atoms with Crippen LogP contribution in [0.4, 0.5) is 0 Å². The standard InChI is InChI=1S/C21H21NO4/c1-24-19-12-11-16(13-22-19)20(23)17-9-6-10-18(21(17)25-2)26-14-15-7-4-3-5-8-15/h3-13,20,23H,14H2,1-2H3. The summed E-state index contributed by atoms with van der Waals surface area (Å²) in [6.07, 6.45) is 0.698. The molecule has 3 rings (SSSR count). The zero-order chi connectivity index (χ0) is 18.4. The molecule has 0 aliphatic carbocycles. The number of hydrogen-bond acceptors (Lipinski definition) is 5. The fourth-order valence-electron chi connectivity index (χ4n) is 2.67. The van der Waals surface area contributed by atoms with E-state index >= 15 is 0 Å². The van der Waals surface area contributed by atoms with E-state index in [0.29, 0.717) is 35.1 Å². The van der Waals surface area contributed by atoms with Crippen molar-refractivity contribution in [3.05, 3.63) is 83.6 Å². The van der Waals surface area contributed by atoms with Gasteiger partial charge in [-0.15, -0.1) is 0 Å². The van der Waals surface area contributed by atoms with E-state index in [1.165, 1.54) is 0 Å². The number of pyridine rings is 1. The van der Waals surface area contributed by atoms with Crippen LogP contribution in [-0.4, -0.2) is 24.3 Å². The second-order valence-corrected chi connectivity index (χ2v) is 5.69. The molecule has 5 heteroatoms. The summed E-state index contributed by atoms with van der Waals surface area (Å²) in [6, 6.07) is 18.8. The Balaban J connectivity index is 1.84. The molecule has 134 valence electrons. The van der Waals surface area contributed by atoms with Gasteiger partial charge in [-0.1, -0.05) is 42.5 Å². The van der Waals surface area contributed by atoms with Crippen LogP contribution >= 0.6 is 0 Å². The summed E-state index contributed by atoms with van der Waals surface area (Å²) < 4.78 is 16.5. The first-order valence-corrected chi connectivity index (χ1v) is 8.24. The van der Waals surface area contributed by atoms with Crippen molar-refractivity contribution in [2.45, 2.75) is 12.7 Å². The van der Waals surface area contributed by atoms with Crippen molar-refractivity contribution in [2.24, 2.45) is 0 Å². The number of aliphatic hydroxyl groups is 1. The van der Waals surface area contributed by atoms with Crippen molar-refractivity contribution in [2.75, 3.05) is 14.2 Å². The Morgan fingerprint density at radius 1 is 0.923 bits per heavy atom. The predicted octanol–water partition coefficient (Wildman–Crippen LogP) is 3.76. The lowest BCUT2D eigenvalue weighted by atomic mass is 10.0. The van der Waals surface area contributed by atoms with Gasteiger partial charge in [-0.2, -0.15) is 0 Å². The molecule has 0 saturated heterocycles. The Hall–Kier alpha value is -3.05. The molecular weight excluding hydrogens is 330 g/mol. The van der Waals surface area contributed by atoms with Crippen molar-refractivity contribution in [1.82, 2.24) is 4.98 Å². The molecule has 0 saturated carbocycles. The summed E-state index contributed by atoms with van der Waals surface area (Å²) in [7, 11) is 3.11. The fraction of sp³-hybridized carbons (Fsp3) is 0.190. The normalized spacial score (nSPS) is 11.7. The van der Waals surface area contributed by atoms with Gasteiger partial charge in [0.25, 0.3) is 0 Å². The third-order valence-corrected chi connectivity index (χ3v) is 4.03. The number of aromatic nitrogens is 1. The molecule has 0 fully saturated rings. The molecule has 0 aliphatic rings. The molecule has 5 nitrogen and oxygen atoms in total. The summed E-state index contributed by atoms with van der Waals surface area (Å²) in [4.78, 5) is 4.14. The Morgan fingerprint density at radius 3 is 2.38 bits per heavy atom. The minimum atomic E-state index is -0.886. The van der Waals surface area contributed by atoms with Crippen LogP contribution in [0.3, 0.4) is 0 Å². The number of para-hydroxylation sites is 1. The van der Waals surface area contributed by atoms with E-state index in [0.717, 1.165) is 5.56 Å². The Kier molecular flexibility index (Phi) is 5.71. The van der Waals surface area contributed by atoms with Crippen LogP contribution in [-0.2, 0) is 6.61 Å². The highest BCUT2D eigenvalue weighted by atomic mass is 16.5. The third-order valence-electron chi connectivity index (χ3n) is 4.03. The number of ether oxygens (including phenoxy) is 3. The Bertz CT molecular complexity index is 834. The highest BCUT2D eigenvalue weighted by Crippen LogP contribution is 2.37. The van der Waals surface area contributed by atoms with Gasteiger partial charge >= 0.3 is 0 Å². The van der Waals surface area contributed by atoms with E-state index in [-0.39, 0.29) is 0 Å². The largest absolute Gasteiger partial charge is 0.492 e. The van der Waals surface area contributed by atoms with E-state index < -0.39 is 6.10 Å². The molecule has 1 unspecified atom stereocenters. The maximum absolute atomic E-state index is 10.8. The van der Waals surface area contributed by atoms with Crippen molar-refractivity contribution in [3.8, 4) is 17.4 Å². The molecule has 3 aromatic rings. The summed E-state index contributed by atoms with van der Waals surface area (Å²) in [5.41, 5.74) is 2.31.